The Kier molecular flexibility index (Phi) is 20.5. The lowest BCUT2D eigenvalue weighted by Crippen LogP contribution is -2.62. The van der Waals surface area contributed by atoms with Gasteiger partial charge in [0.1, 0.15) is 36.3 Å². The summed E-state index contributed by atoms with van der Waals surface area (Å²) < 4.78 is 62.8. The average molecular weight is 1200 g/mol. The Morgan fingerprint density at radius 2 is 1.65 bits per heavy atom. The van der Waals surface area contributed by atoms with Crippen molar-refractivity contribution < 1.29 is 95.8 Å². The van der Waals surface area contributed by atoms with Crippen LogP contribution < -0.4 is 16.4 Å². The van der Waals surface area contributed by atoms with Crippen LogP contribution in [0.15, 0.2) is 12.7 Å². The fourth-order valence-corrected chi connectivity index (χ4v) is 17.3. The Balaban J connectivity index is 0.770. The summed E-state index contributed by atoms with van der Waals surface area (Å²) in [4.78, 5) is 89.9. The van der Waals surface area contributed by atoms with Gasteiger partial charge in [0, 0.05) is 36.6 Å². The van der Waals surface area contributed by atoms with Crippen molar-refractivity contribution in [2.24, 2.45) is 57.7 Å². The maximum Gasteiger partial charge on any atom is 0.481 e. The predicted molar refractivity (Wildman–Crippen MR) is 283 cm³/mol. The smallest absolute Gasteiger partial charge is 0.393 e. The Labute approximate surface area is 462 Å². The number of aliphatic hydroxyl groups is 5. The van der Waals surface area contributed by atoms with E-state index in [1.165, 1.54) is 13.8 Å². The number of imidazole rings is 1. The van der Waals surface area contributed by atoms with Gasteiger partial charge in [0.2, 0.25) is 11.8 Å². The van der Waals surface area contributed by atoms with Gasteiger partial charge in [-0.05, 0) is 97.7 Å². The Morgan fingerprint density at radius 1 is 0.937 bits per heavy atom. The molecule has 0 aromatic carbocycles. The third-order valence-corrected chi connectivity index (χ3v) is 22.2. The molecule has 79 heavy (non-hydrogen) atoms. The van der Waals surface area contributed by atoms with E-state index in [1.54, 1.807) is 0 Å². The Hall–Kier alpha value is -2.56. The maximum atomic E-state index is 13.1. The number of aliphatic hydroxyl groups excluding tert-OH is 5. The van der Waals surface area contributed by atoms with Crippen molar-refractivity contribution in [3.63, 3.8) is 0 Å². The summed E-state index contributed by atoms with van der Waals surface area (Å²) in [6.45, 7) is 9.17. The lowest BCUT2D eigenvalue weighted by atomic mass is 9.43. The molecule has 448 valence electrons. The zero-order valence-corrected chi connectivity index (χ0v) is 48.8. The predicted octanol–water partition coefficient (Wildman–Crippen LogP) is 3.07. The highest BCUT2D eigenvalue weighted by atomic mass is 32.2. The monoisotopic (exact) mass is 1200 g/mol. The summed E-state index contributed by atoms with van der Waals surface area (Å²) in [6.07, 6.45) is 0.0812. The number of nitrogens with two attached hydrogens (primary N) is 1. The van der Waals surface area contributed by atoms with Crippen LogP contribution in [0.2, 0.25) is 0 Å². The molecule has 1 aliphatic heterocycles. The van der Waals surface area contributed by atoms with Crippen molar-refractivity contribution in [1.29, 1.82) is 0 Å². The molecular formula is C48H80N7O20P3S. The quantitative estimate of drug-likeness (QED) is 0.0502. The van der Waals surface area contributed by atoms with Gasteiger partial charge in [-0.3, -0.25) is 32.5 Å². The first kappa shape index (κ1) is 64.0. The number of carbonyl (C=O) groups is 3. The molecule has 31 heteroatoms. The number of hydrogen-bond acceptors (Lipinski definition) is 21. The van der Waals surface area contributed by atoms with E-state index in [0.717, 1.165) is 80.4 Å². The van der Waals surface area contributed by atoms with Crippen LogP contribution in [0.5, 0.6) is 0 Å². The normalized spacial score (nSPS) is 34.6. The van der Waals surface area contributed by atoms with Crippen LogP contribution in [0.4, 0.5) is 5.82 Å². The van der Waals surface area contributed by atoms with Gasteiger partial charge >= 0.3 is 23.5 Å². The highest BCUT2D eigenvalue weighted by Crippen LogP contribution is 2.69. The van der Waals surface area contributed by atoms with Crippen LogP contribution in [0.1, 0.15) is 118 Å². The molecule has 5 fully saturated rings. The molecule has 7 rings (SSSR count). The second-order valence-corrected chi connectivity index (χ2v) is 28.9. The van der Waals surface area contributed by atoms with Gasteiger partial charge in [-0.15, -0.1) is 0 Å². The summed E-state index contributed by atoms with van der Waals surface area (Å²) in [5.41, 5.74) is 3.98. The number of anilines is 1. The van der Waals surface area contributed by atoms with Crippen LogP contribution in [-0.4, -0.2) is 156 Å². The van der Waals surface area contributed by atoms with Gasteiger partial charge in [-0.2, -0.15) is 4.31 Å². The number of fused-ring (bicyclic) bond motifs is 6. The van der Waals surface area contributed by atoms with Gasteiger partial charge < -0.3 is 66.2 Å². The number of amides is 2. The zero-order chi connectivity index (χ0) is 58.2. The minimum atomic E-state index is -5.60. The Bertz CT molecular complexity index is 2640. The second-order valence-electron chi connectivity index (χ2n) is 23.6. The first-order chi connectivity index (χ1) is 36.8. The number of phosphoric ester groups is 3. The maximum absolute atomic E-state index is 13.1. The number of rotatable bonds is 25. The number of carbonyl (C=O) groups excluding carboxylic acids is 3. The second kappa shape index (κ2) is 25.3. The molecule has 0 radical (unpaired) electrons. The van der Waals surface area contributed by atoms with E-state index in [4.69, 9.17) is 19.5 Å². The van der Waals surface area contributed by atoms with Crippen molar-refractivity contribution in [3.8, 4) is 0 Å². The topological polar surface area (TPSA) is 424 Å². The molecule has 1 saturated heterocycles. The summed E-state index contributed by atoms with van der Waals surface area (Å²) >= 11 is 1.12. The van der Waals surface area contributed by atoms with E-state index < -0.39 is 96.8 Å². The van der Waals surface area contributed by atoms with E-state index in [9.17, 15) is 73.2 Å². The van der Waals surface area contributed by atoms with Crippen LogP contribution >= 0.6 is 35.2 Å². The summed E-state index contributed by atoms with van der Waals surface area (Å²) in [6, 6.07) is 0. The van der Waals surface area contributed by atoms with E-state index >= 15 is 0 Å². The van der Waals surface area contributed by atoms with Gasteiger partial charge in [0.05, 0.1) is 37.9 Å². The van der Waals surface area contributed by atoms with Crippen molar-refractivity contribution >= 4 is 69.1 Å². The molecule has 3 heterocycles. The number of aromatic nitrogens is 4. The molecule has 4 aliphatic carbocycles. The molecular weight excluding hydrogens is 1120 g/mol. The molecule has 13 N–H and O–H groups in total. The van der Waals surface area contributed by atoms with E-state index in [2.05, 4.69) is 55.2 Å². The number of ether oxygens (including phenoxy) is 1. The fourth-order valence-electron chi connectivity index (χ4n) is 13.6. The van der Waals surface area contributed by atoms with Gasteiger partial charge in [0.15, 0.2) is 22.8 Å². The molecule has 0 bridgehead atoms. The van der Waals surface area contributed by atoms with Crippen molar-refractivity contribution in [2.45, 2.75) is 161 Å². The average Bonchev–Trinajstić information content (AvgIpc) is 3.87. The fraction of sp³-hybridized carbons (Fsp3) is 0.833. The molecule has 5 unspecified atom stereocenters. The van der Waals surface area contributed by atoms with E-state index in [-0.39, 0.29) is 88.1 Å². The van der Waals surface area contributed by atoms with Crippen molar-refractivity contribution in [3.05, 3.63) is 12.7 Å². The van der Waals surface area contributed by atoms with Gasteiger partial charge in [-0.1, -0.05) is 66.1 Å². The van der Waals surface area contributed by atoms with Gasteiger partial charge in [-0.25, -0.2) is 28.6 Å². The lowest BCUT2D eigenvalue weighted by molar-refractivity contribution is -0.207. The van der Waals surface area contributed by atoms with Crippen LogP contribution in [0.25, 0.3) is 11.2 Å². The molecule has 0 spiro atoms. The Morgan fingerprint density at radius 3 is 2.35 bits per heavy atom. The third-order valence-electron chi connectivity index (χ3n) is 18.0. The summed E-state index contributed by atoms with van der Waals surface area (Å²) in [5, 5.41) is 60.8. The van der Waals surface area contributed by atoms with Crippen LogP contribution in [-0.2, 0) is 50.7 Å². The first-order valence-electron chi connectivity index (χ1n) is 26.9. The van der Waals surface area contributed by atoms with Crippen LogP contribution in [0, 0.1) is 57.7 Å². The highest BCUT2D eigenvalue weighted by molar-refractivity contribution is 8.13. The van der Waals surface area contributed by atoms with Gasteiger partial charge in [0.25, 0.3) is 0 Å². The summed E-state index contributed by atoms with van der Waals surface area (Å²) in [5.74, 6) is 0.168. The summed E-state index contributed by atoms with van der Waals surface area (Å²) in [7, 11) is -16.5. The highest BCUT2D eigenvalue weighted by Gasteiger charge is 2.66. The van der Waals surface area contributed by atoms with Crippen molar-refractivity contribution in [1.82, 2.24) is 30.2 Å². The minimum Gasteiger partial charge on any atom is -0.393 e. The van der Waals surface area contributed by atoms with E-state index in [0.29, 0.717) is 30.4 Å². The SMILES string of the molecule is CC(CCC[C@@H](C)[C@H]1CC[C@H]2[C@@H]3[C@H](O)C[C@@H]4C[C@H](O)CC[C@]4(C)[C@H]3CC(O)C12C)C(=O)SCCNC(=O)CCNC(=O)[C@H](O)C(C)(C)COP(=O)(O)OP(=O)(O)OC[C@H]1O[C@@H](n2cnc3c(N)ncnc32)[C@H](O)[C@@H]1OP(=O)(O)O. The number of nitrogens with zero attached hydrogens (tertiary/aromatic N) is 4. The van der Waals surface area contributed by atoms with E-state index in [1.807, 2.05) is 6.92 Å². The van der Waals surface area contributed by atoms with Crippen LogP contribution in [0.3, 0.4) is 0 Å². The molecule has 5 aliphatic rings. The van der Waals surface area contributed by atoms with Crippen molar-refractivity contribution in [2.75, 3.05) is 37.8 Å². The molecule has 19 atom stereocenters. The number of hydrogen-bond donors (Lipinski definition) is 12. The molecule has 4 saturated carbocycles. The minimum absolute atomic E-state index is 0.00814. The number of nitrogens with one attached hydrogen (secondary N) is 2. The molecule has 27 nitrogen and oxygen atoms in total. The molecule has 2 amide bonds. The lowest BCUT2D eigenvalue weighted by Gasteiger charge is -2.63. The largest absolute Gasteiger partial charge is 0.481 e. The molecule has 2 aromatic heterocycles. The zero-order valence-electron chi connectivity index (χ0n) is 45.3. The third kappa shape index (κ3) is 14.7. The standard InChI is InChI=1S/C48H80N7O20P3S/c1-25(29-10-11-30-36-31(20-34(58)48(29,30)6)47(5)14-12-28(56)18-27(47)19-32(36)57)8-7-9-26(2)45(63)79-17-16-50-35(59)13-15-51-43(62)40(61)46(3,4)22-72-78(69,70)75-77(67,68)71-21-33-39(74-76(64,65)66)38(60)44(73-33)55-24-54-37-41(49)52-23-53-42(37)55/h23-34,36,38-40,44,56-58,60-61H,7-22H2,1-6H3,(H,50,59)(H,51,62)(H,67,68)(H,69,70)(H2,49,52,53)(H2,64,65,66)/t25-,26?,27+,28-,29-,30+,31+,32-,33-,34?,36+,38-,39-,40+,44-,47+,48?/m1/s1. The first-order valence-corrected chi connectivity index (χ1v) is 32.4. The molecule has 2 aromatic rings. The number of nitrogen functional groups attached to an aromatic ring is 1. The number of phosphoric acid groups is 3. The number of thioether (sulfide) groups is 1.